The zero-order valence-corrected chi connectivity index (χ0v) is 15.5. The van der Waals surface area contributed by atoms with Gasteiger partial charge >= 0.3 is 0 Å². The molecule has 5 heteroatoms. The van der Waals surface area contributed by atoms with E-state index < -0.39 is 0 Å². The number of nitrogens with zero attached hydrogens (tertiary/aromatic N) is 3. The van der Waals surface area contributed by atoms with Crippen molar-refractivity contribution in [3.63, 3.8) is 0 Å². The second-order valence-electron chi connectivity index (χ2n) is 7.02. The number of hydrogen-bond acceptors (Lipinski definition) is 2. The van der Waals surface area contributed by atoms with Crippen LogP contribution in [0, 0.1) is 5.82 Å². The number of hydrogen-bond donors (Lipinski definition) is 0. The molecule has 1 unspecified atom stereocenters. The molecule has 2 aromatic carbocycles. The number of halogens is 1. The van der Waals surface area contributed by atoms with E-state index in [0.29, 0.717) is 12.1 Å². The number of anilines is 1. The van der Waals surface area contributed by atoms with Crippen LogP contribution in [0.2, 0.25) is 0 Å². The highest BCUT2D eigenvalue weighted by molar-refractivity contribution is 5.94. The highest BCUT2D eigenvalue weighted by Crippen LogP contribution is 2.34. The fourth-order valence-corrected chi connectivity index (χ4v) is 3.67. The number of carbonyl (C=O) groups is 1. The fourth-order valence-electron chi connectivity index (χ4n) is 3.67. The molecule has 2 heterocycles. The van der Waals surface area contributed by atoms with Gasteiger partial charge in [0.25, 0.3) is 5.91 Å². The third kappa shape index (κ3) is 3.21. The molecule has 1 aliphatic heterocycles. The molecule has 1 aromatic heterocycles. The molecule has 1 atom stereocenters. The van der Waals surface area contributed by atoms with E-state index in [0.717, 1.165) is 23.5 Å². The Morgan fingerprint density at radius 1 is 1.00 bits per heavy atom. The van der Waals surface area contributed by atoms with Gasteiger partial charge in [-0.05, 0) is 54.1 Å². The monoisotopic (exact) mass is 363 g/mol. The topological polar surface area (TPSA) is 28.5 Å². The van der Waals surface area contributed by atoms with Crippen molar-refractivity contribution in [1.29, 1.82) is 0 Å². The lowest BCUT2D eigenvalue weighted by molar-refractivity contribution is 0.0664. The van der Waals surface area contributed by atoms with E-state index in [9.17, 15) is 9.18 Å². The number of fused-ring (bicyclic) bond motifs is 1. The molecule has 0 saturated heterocycles. The van der Waals surface area contributed by atoms with Crippen molar-refractivity contribution in [3.05, 3.63) is 89.5 Å². The van der Waals surface area contributed by atoms with Crippen molar-refractivity contribution < 1.29 is 9.18 Å². The molecule has 0 bridgehead atoms. The molecule has 0 aliphatic carbocycles. The van der Waals surface area contributed by atoms with E-state index in [1.54, 1.807) is 12.1 Å². The van der Waals surface area contributed by atoms with Crippen molar-refractivity contribution in [2.24, 2.45) is 0 Å². The molecular weight excluding hydrogens is 341 g/mol. The lowest BCUT2D eigenvalue weighted by Gasteiger charge is -2.37. The normalized spacial score (nSPS) is 16.1. The molecule has 0 fully saturated rings. The summed E-state index contributed by atoms with van der Waals surface area (Å²) in [6, 6.07) is 18.0. The second-order valence-corrected chi connectivity index (χ2v) is 7.02. The molecule has 27 heavy (non-hydrogen) atoms. The van der Waals surface area contributed by atoms with Crippen LogP contribution in [-0.2, 0) is 6.54 Å². The molecule has 0 N–H and O–H groups in total. The Bertz CT molecular complexity index is 944. The summed E-state index contributed by atoms with van der Waals surface area (Å²) >= 11 is 0. The van der Waals surface area contributed by atoms with Crippen LogP contribution in [0.3, 0.4) is 0 Å². The number of aromatic nitrogens is 1. The van der Waals surface area contributed by atoms with Gasteiger partial charge in [0.2, 0.25) is 0 Å². The summed E-state index contributed by atoms with van der Waals surface area (Å²) in [7, 11) is 4.01. The summed E-state index contributed by atoms with van der Waals surface area (Å²) in [4.78, 5) is 17.1. The quantitative estimate of drug-likeness (QED) is 0.705. The maximum absolute atomic E-state index is 13.3. The Kier molecular flexibility index (Phi) is 4.44. The van der Waals surface area contributed by atoms with Crippen LogP contribution in [-0.4, -0.2) is 36.0 Å². The maximum Gasteiger partial charge on any atom is 0.254 e. The lowest BCUT2D eigenvalue weighted by Crippen LogP contribution is -2.42. The molecule has 3 aromatic rings. The predicted molar refractivity (Wildman–Crippen MR) is 104 cm³/mol. The zero-order chi connectivity index (χ0) is 19.0. The van der Waals surface area contributed by atoms with Crippen LogP contribution in [0.15, 0.2) is 66.9 Å². The van der Waals surface area contributed by atoms with E-state index >= 15 is 0 Å². The summed E-state index contributed by atoms with van der Waals surface area (Å²) in [6.45, 7) is 1.36. The highest BCUT2D eigenvalue weighted by atomic mass is 19.1. The third-order valence-electron chi connectivity index (χ3n) is 5.12. The molecule has 0 saturated carbocycles. The van der Waals surface area contributed by atoms with Crippen molar-refractivity contribution in [2.45, 2.75) is 12.6 Å². The van der Waals surface area contributed by atoms with Gasteiger partial charge in [-0.25, -0.2) is 4.39 Å². The van der Waals surface area contributed by atoms with Gasteiger partial charge in [-0.3, -0.25) is 4.79 Å². The molecule has 1 amide bonds. The smallest absolute Gasteiger partial charge is 0.254 e. The summed E-state index contributed by atoms with van der Waals surface area (Å²) in [6.07, 6.45) is 2.05. The first-order valence-electron chi connectivity index (χ1n) is 9.03. The summed E-state index contributed by atoms with van der Waals surface area (Å²) in [5.41, 5.74) is 3.78. The minimum Gasteiger partial charge on any atom is -0.378 e. The van der Waals surface area contributed by atoms with Crippen molar-refractivity contribution in [1.82, 2.24) is 9.47 Å². The Hall–Kier alpha value is -3.08. The van der Waals surface area contributed by atoms with Crippen molar-refractivity contribution in [3.8, 4) is 0 Å². The number of rotatable bonds is 3. The second kappa shape index (κ2) is 6.91. The Labute approximate surface area is 158 Å². The van der Waals surface area contributed by atoms with Crippen LogP contribution in [0.5, 0.6) is 0 Å². The standard InChI is InChI=1S/C22H22FN3O/c1-24(2)19-11-7-16(8-12-19)21-20-4-3-13-25(20)14-15-26(21)22(27)17-5-9-18(23)10-6-17/h3-13,21H,14-15H2,1-2H3. The first kappa shape index (κ1) is 17.3. The van der Waals surface area contributed by atoms with Crippen molar-refractivity contribution >= 4 is 11.6 Å². The van der Waals surface area contributed by atoms with Crippen LogP contribution in [0.25, 0.3) is 0 Å². The number of carbonyl (C=O) groups excluding carboxylic acids is 1. The SMILES string of the molecule is CN(C)c1ccc(C2c3cccn3CCN2C(=O)c2ccc(F)cc2)cc1. The predicted octanol–water partition coefficient (Wildman–Crippen LogP) is 3.94. The van der Waals surface area contributed by atoms with Gasteiger partial charge in [0, 0.05) is 50.3 Å². The van der Waals surface area contributed by atoms with E-state index in [-0.39, 0.29) is 17.8 Å². The molecule has 4 rings (SSSR count). The van der Waals surface area contributed by atoms with E-state index in [1.807, 2.05) is 25.1 Å². The molecule has 138 valence electrons. The van der Waals surface area contributed by atoms with Crippen molar-refractivity contribution in [2.75, 3.05) is 25.5 Å². The molecular formula is C22H22FN3O. The lowest BCUT2D eigenvalue weighted by atomic mass is 9.98. The van der Waals surface area contributed by atoms with Crippen LogP contribution >= 0.6 is 0 Å². The van der Waals surface area contributed by atoms with E-state index in [1.165, 1.54) is 12.1 Å². The maximum atomic E-state index is 13.3. The van der Waals surface area contributed by atoms with Gasteiger partial charge in [0.05, 0.1) is 6.04 Å². The third-order valence-corrected chi connectivity index (χ3v) is 5.12. The number of amides is 1. The van der Waals surface area contributed by atoms with Gasteiger partial charge < -0.3 is 14.4 Å². The molecule has 4 nitrogen and oxygen atoms in total. The van der Waals surface area contributed by atoms with Crippen LogP contribution in [0.4, 0.5) is 10.1 Å². The fraction of sp³-hybridized carbons (Fsp3) is 0.227. The van der Waals surface area contributed by atoms with Gasteiger partial charge in [0.15, 0.2) is 0 Å². The van der Waals surface area contributed by atoms with E-state index in [2.05, 4.69) is 46.0 Å². The van der Waals surface area contributed by atoms with Gasteiger partial charge in [0.1, 0.15) is 5.82 Å². The highest BCUT2D eigenvalue weighted by Gasteiger charge is 2.32. The molecule has 1 aliphatic rings. The Morgan fingerprint density at radius 3 is 2.37 bits per heavy atom. The summed E-state index contributed by atoms with van der Waals surface area (Å²) in [5.74, 6) is -0.418. The van der Waals surface area contributed by atoms with Gasteiger partial charge in [-0.1, -0.05) is 12.1 Å². The first-order valence-corrected chi connectivity index (χ1v) is 9.03. The zero-order valence-electron chi connectivity index (χ0n) is 15.5. The van der Waals surface area contributed by atoms with E-state index in [4.69, 9.17) is 0 Å². The average molecular weight is 363 g/mol. The molecule has 0 spiro atoms. The first-order chi connectivity index (χ1) is 13.0. The summed E-state index contributed by atoms with van der Waals surface area (Å²) < 4.78 is 15.5. The average Bonchev–Trinajstić information content (AvgIpc) is 3.16. The van der Waals surface area contributed by atoms with Gasteiger partial charge in [-0.15, -0.1) is 0 Å². The van der Waals surface area contributed by atoms with Gasteiger partial charge in [-0.2, -0.15) is 0 Å². The largest absolute Gasteiger partial charge is 0.378 e. The Morgan fingerprint density at radius 2 is 1.70 bits per heavy atom. The molecule has 0 radical (unpaired) electrons. The number of benzene rings is 2. The van der Waals surface area contributed by atoms with Crippen LogP contribution in [0.1, 0.15) is 27.7 Å². The summed E-state index contributed by atoms with van der Waals surface area (Å²) in [5, 5.41) is 0. The van der Waals surface area contributed by atoms with Crippen LogP contribution < -0.4 is 4.90 Å². The minimum atomic E-state index is -0.338. The minimum absolute atomic E-state index is 0.0795. The Balaban J connectivity index is 1.74.